The van der Waals surface area contributed by atoms with Gasteiger partial charge < -0.3 is 10.0 Å². The molecule has 5 nitrogen and oxygen atoms in total. The van der Waals surface area contributed by atoms with Crippen LogP contribution in [0.3, 0.4) is 0 Å². The number of hydrogen-bond donors (Lipinski definition) is 1. The largest absolute Gasteiger partial charge is 0.480 e. The minimum Gasteiger partial charge on any atom is -0.480 e. The summed E-state index contributed by atoms with van der Waals surface area (Å²) in [6.45, 7) is 13.2. The fourth-order valence-electron chi connectivity index (χ4n) is 3.39. The van der Waals surface area contributed by atoms with Crippen molar-refractivity contribution in [3.8, 4) is 11.1 Å². The third kappa shape index (κ3) is 5.68. The molecule has 0 aliphatic heterocycles. The fraction of sp³-hybridized carbons (Fsp3) is 0.375. The molecular weight excluding hydrogens is 364 g/mol. The van der Waals surface area contributed by atoms with E-state index < -0.39 is 12.0 Å². The van der Waals surface area contributed by atoms with E-state index in [4.69, 9.17) is 6.57 Å². The first-order chi connectivity index (χ1) is 13.9. The summed E-state index contributed by atoms with van der Waals surface area (Å²) in [6, 6.07) is 14.2. The van der Waals surface area contributed by atoms with Gasteiger partial charge in [0.2, 0.25) is 5.91 Å². The van der Waals surface area contributed by atoms with Crippen LogP contribution in [0.2, 0.25) is 0 Å². The van der Waals surface area contributed by atoms with Crippen LogP contribution >= 0.6 is 0 Å². The van der Waals surface area contributed by atoms with Crippen LogP contribution < -0.4 is 0 Å². The maximum absolute atomic E-state index is 12.8. The van der Waals surface area contributed by atoms with Crippen molar-refractivity contribution < 1.29 is 14.7 Å². The number of nitrogens with zero attached hydrogens (tertiary/aromatic N) is 2. The Morgan fingerprint density at radius 1 is 1.10 bits per heavy atom. The van der Waals surface area contributed by atoms with Crippen molar-refractivity contribution in [2.45, 2.75) is 52.6 Å². The Labute approximate surface area is 172 Å². The van der Waals surface area contributed by atoms with E-state index in [0.717, 1.165) is 29.5 Å². The molecule has 2 rings (SSSR count). The maximum atomic E-state index is 12.8. The minimum atomic E-state index is -0.979. The molecule has 0 aliphatic carbocycles. The van der Waals surface area contributed by atoms with Gasteiger partial charge in [0.1, 0.15) is 6.04 Å². The fourth-order valence-corrected chi connectivity index (χ4v) is 3.39. The lowest BCUT2D eigenvalue weighted by Crippen LogP contribution is -2.47. The molecule has 0 unspecified atom stereocenters. The first-order valence-electron chi connectivity index (χ1n) is 9.97. The maximum Gasteiger partial charge on any atom is 0.326 e. The quantitative estimate of drug-likeness (QED) is 0.571. The average Bonchev–Trinajstić information content (AvgIpc) is 2.71. The van der Waals surface area contributed by atoms with Gasteiger partial charge in [-0.25, -0.2) is 9.64 Å². The average molecular weight is 392 g/mol. The van der Waals surface area contributed by atoms with Crippen LogP contribution in [0.5, 0.6) is 0 Å². The lowest BCUT2D eigenvalue weighted by atomic mass is 9.99. The van der Waals surface area contributed by atoms with Crippen LogP contribution in [-0.4, -0.2) is 27.9 Å². The lowest BCUT2D eigenvalue weighted by molar-refractivity contribution is -0.153. The summed E-state index contributed by atoms with van der Waals surface area (Å²) in [7, 11) is 0. The van der Waals surface area contributed by atoms with E-state index in [-0.39, 0.29) is 18.4 Å². The van der Waals surface area contributed by atoms with Crippen LogP contribution in [0, 0.1) is 12.5 Å². The normalized spacial score (nSPS) is 11.7. The molecular formula is C24H28N2O3. The molecule has 0 saturated heterocycles. The summed E-state index contributed by atoms with van der Waals surface area (Å²) in [6.07, 6.45) is 1.98. The predicted molar refractivity (Wildman–Crippen MR) is 114 cm³/mol. The zero-order valence-corrected chi connectivity index (χ0v) is 17.3. The molecule has 0 saturated carbocycles. The van der Waals surface area contributed by atoms with Crippen LogP contribution in [0.1, 0.15) is 45.6 Å². The van der Waals surface area contributed by atoms with Crippen molar-refractivity contribution in [2.24, 2.45) is 5.92 Å². The van der Waals surface area contributed by atoms with Crippen LogP contribution in [-0.2, 0) is 16.1 Å². The van der Waals surface area contributed by atoms with Crippen molar-refractivity contribution in [1.82, 2.24) is 4.90 Å². The molecule has 0 fully saturated rings. The van der Waals surface area contributed by atoms with Crippen LogP contribution in [0.15, 0.2) is 48.5 Å². The summed E-state index contributed by atoms with van der Waals surface area (Å²) in [5.74, 6) is -1.30. The van der Waals surface area contributed by atoms with Crippen LogP contribution in [0.25, 0.3) is 16.0 Å². The van der Waals surface area contributed by atoms with Gasteiger partial charge >= 0.3 is 5.97 Å². The van der Waals surface area contributed by atoms with Gasteiger partial charge in [-0.2, -0.15) is 0 Å². The Kier molecular flexibility index (Phi) is 7.97. The Balaban J connectivity index is 2.29. The second-order valence-corrected chi connectivity index (χ2v) is 7.48. The van der Waals surface area contributed by atoms with E-state index in [0.29, 0.717) is 12.1 Å². The summed E-state index contributed by atoms with van der Waals surface area (Å²) in [5.41, 5.74) is 3.23. The lowest BCUT2D eigenvalue weighted by Gasteiger charge is -2.32. The Morgan fingerprint density at radius 3 is 2.31 bits per heavy atom. The molecule has 5 heteroatoms. The minimum absolute atomic E-state index is 0.129. The summed E-state index contributed by atoms with van der Waals surface area (Å²) in [4.78, 5) is 29.7. The molecule has 0 spiro atoms. The standard InChI is InChI=1S/C24H28N2O3/c1-5-6-11-22(27)26(23(17(2)3)24(28)29)16-18-12-14-19(15-13-18)20-9-7-8-10-21(20)25-4/h7-10,12-15,17,23H,5-6,11,16H2,1-3H3,(H,28,29)/t23-/m0/s1. The van der Waals surface area contributed by atoms with Gasteiger partial charge in [0.15, 0.2) is 5.69 Å². The number of unbranched alkanes of at least 4 members (excludes halogenated alkanes) is 1. The molecule has 2 aromatic carbocycles. The number of carbonyl (C=O) groups is 2. The third-order valence-corrected chi connectivity index (χ3v) is 4.93. The highest BCUT2D eigenvalue weighted by atomic mass is 16.4. The van der Waals surface area contributed by atoms with E-state index in [9.17, 15) is 14.7 Å². The zero-order chi connectivity index (χ0) is 21.4. The first-order valence-corrected chi connectivity index (χ1v) is 9.97. The molecule has 0 heterocycles. The molecule has 1 N–H and O–H groups in total. The predicted octanol–water partition coefficient (Wildman–Crippen LogP) is 5.53. The van der Waals surface area contributed by atoms with Gasteiger partial charge in [0.05, 0.1) is 6.57 Å². The number of carbonyl (C=O) groups excluding carboxylic acids is 1. The van der Waals surface area contributed by atoms with E-state index in [1.54, 1.807) is 6.07 Å². The summed E-state index contributed by atoms with van der Waals surface area (Å²) in [5, 5.41) is 9.69. The van der Waals surface area contributed by atoms with Crippen LogP contribution in [0.4, 0.5) is 5.69 Å². The molecule has 1 atom stereocenters. The Morgan fingerprint density at radius 2 is 1.76 bits per heavy atom. The number of para-hydroxylation sites is 1. The number of hydrogen-bond acceptors (Lipinski definition) is 2. The zero-order valence-electron chi connectivity index (χ0n) is 17.3. The summed E-state index contributed by atoms with van der Waals surface area (Å²) < 4.78 is 0. The smallest absolute Gasteiger partial charge is 0.326 e. The summed E-state index contributed by atoms with van der Waals surface area (Å²) >= 11 is 0. The van der Waals surface area contributed by atoms with Crippen molar-refractivity contribution in [3.63, 3.8) is 0 Å². The monoisotopic (exact) mass is 392 g/mol. The van der Waals surface area contributed by atoms with E-state index >= 15 is 0 Å². The topological polar surface area (TPSA) is 62.0 Å². The molecule has 0 aliphatic rings. The van der Waals surface area contributed by atoms with Gasteiger partial charge in [-0.15, -0.1) is 0 Å². The number of carboxylic acids is 1. The molecule has 29 heavy (non-hydrogen) atoms. The van der Waals surface area contributed by atoms with Crippen molar-refractivity contribution in [1.29, 1.82) is 0 Å². The second kappa shape index (κ2) is 10.4. The second-order valence-electron chi connectivity index (χ2n) is 7.48. The van der Waals surface area contributed by atoms with Gasteiger partial charge in [-0.1, -0.05) is 75.7 Å². The highest BCUT2D eigenvalue weighted by Gasteiger charge is 2.32. The van der Waals surface area contributed by atoms with E-state index in [1.807, 2.05) is 63.2 Å². The van der Waals surface area contributed by atoms with Gasteiger partial charge in [-0.05, 0) is 29.0 Å². The molecule has 0 aromatic heterocycles. The molecule has 0 bridgehead atoms. The number of carboxylic acid groups (broad SMARTS) is 1. The number of rotatable bonds is 9. The molecule has 152 valence electrons. The molecule has 0 radical (unpaired) electrons. The van der Waals surface area contributed by atoms with Crippen molar-refractivity contribution >= 4 is 17.6 Å². The van der Waals surface area contributed by atoms with E-state index in [1.165, 1.54) is 4.90 Å². The van der Waals surface area contributed by atoms with Crippen molar-refractivity contribution in [3.05, 3.63) is 65.5 Å². The van der Waals surface area contributed by atoms with Gasteiger partial charge in [0.25, 0.3) is 0 Å². The highest BCUT2D eigenvalue weighted by Crippen LogP contribution is 2.30. The molecule has 2 aromatic rings. The third-order valence-electron chi connectivity index (χ3n) is 4.93. The Hall–Kier alpha value is -3.13. The Bertz CT molecular complexity index is 882. The SMILES string of the molecule is [C-]#[N+]c1ccccc1-c1ccc(CN(C(=O)CCCC)[C@H](C(=O)O)C(C)C)cc1. The van der Waals surface area contributed by atoms with Crippen molar-refractivity contribution in [2.75, 3.05) is 0 Å². The van der Waals surface area contributed by atoms with Gasteiger partial charge in [0, 0.05) is 13.0 Å². The number of benzene rings is 2. The molecule has 1 amide bonds. The highest BCUT2D eigenvalue weighted by molar-refractivity contribution is 5.84. The number of aliphatic carboxylic acids is 1. The number of amides is 1. The van der Waals surface area contributed by atoms with Gasteiger partial charge in [-0.3, -0.25) is 4.79 Å². The first kappa shape index (κ1) is 22.2. The van der Waals surface area contributed by atoms with E-state index in [2.05, 4.69) is 4.85 Å².